The molecule has 2 amide bonds. The molecule has 1 aliphatic heterocycles. The number of carbonyl (C=O) groups excluding carboxylic acids is 3. The lowest BCUT2D eigenvalue weighted by molar-refractivity contribution is -0.137. The summed E-state index contributed by atoms with van der Waals surface area (Å²) in [6.07, 6.45) is -6.00. The highest BCUT2D eigenvalue weighted by molar-refractivity contribution is 8.13. The van der Waals surface area contributed by atoms with Crippen molar-refractivity contribution < 1.29 is 80.5 Å². The van der Waals surface area contributed by atoms with E-state index in [1.165, 1.54) is 19.4 Å². The number of thioether (sulfide) groups is 1. The molecule has 1 fully saturated rings. The molecule has 62 heavy (non-hydrogen) atoms. The van der Waals surface area contributed by atoms with Crippen molar-refractivity contribution in [1.29, 1.82) is 0 Å². The van der Waals surface area contributed by atoms with Crippen LogP contribution in [-0.4, -0.2) is 123 Å². The number of nitrogens with one attached hydrogen (secondary N) is 2. The minimum Gasteiger partial charge on any atom is -0.386 e. The number of nitrogens with zero attached hydrogens (tertiary/aromatic N) is 4. The summed E-state index contributed by atoms with van der Waals surface area (Å²) in [5.74, 6) is -0.954. The molecule has 10 N–H and O–H groups in total. The largest absolute Gasteiger partial charge is 0.481 e. The number of aliphatic hydroxyl groups is 2. The van der Waals surface area contributed by atoms with Gasteiger partial charge in [-0.3, -0.25) is 32.5 Å². The average Bonchev–Trinajstić information content (AvgIpc) is 3.74. The van der Waals surface area contributed by atoms with Crippen molar-refractivity contribution in [3.8, 4) is 0 Å². The lowest BCUT2D eigenvalue weighted by Gasteiger charge is -2.30. The molecule has 28 heteroatoms. The zero-order chi connectivity index (χ0) is 46.2. The molecule has 3 heterocycles. The van der Waals surface area contributed by atoms with Crippen molar-refractivity contribution in [2.24, 2.45) is 11.3 Å². The predicted octanol–water partition coefficient (Wildman–Crippen LogP) is 1.67. The standard InChI is InChI=1S/C34H52N7O17P3S/c1-19(2)14-21-6-8-22(9-7-21)20(3)33(46)62-13-12-36-24(42)10-11-37-31(45)28(44)34(4,5)16-55-61(52,53)58-60(50,51)54-15-23-27(57-59(47,48)49)26(43)32(56-23)41-18-40-25-29(35)38-17-39-30(25)41/h6-9,17-20,23,26-28,32,43-44H,10-16H2,1-5H3,(H,36,42)(H,37,45)(H,50,51)(H,52,53)(H2,35,38,39)(H2,47,48,49)/t20-,23+,26+,27+,28-,32+/m0/s1. The molecule has 1 saturated heterocycles. The van der Waals surface area contributed by atoms with Crippen molar-refractivity contribution in [3.05, 3.63) is 48.0 Å². The third-order valence-electron chi connectivity index (χ3n) is 9.22. The molecule has 2 unspecified atom stereocenters. The van der Waals surface area contributed by atoms with Crippen LogP contribution in [0.2, 0.25) is 0 Å². The van der Waals surface area contributed by atoms with Crippen LogP contribution in [0.3, 0.4) is 0 Å². The molecule has 0 aliphatic carbocycles. The van der Waals surface area contributed by atoms with Gasteiger partial charge in [0.2, 0.25) is 11.8 Å². The molecule has 3 aromatic rings. The number of aliphatic hydroxyl groups excluding tert-OH is 2. The molecule has 2 aromatic heterocycles. The van der Waals surface area contributed by atoms with Gasteiger partial charge in [0.25, 0.3) is 0 Å². The first-order valence-corrected chi connectivity index (χ1v) is 24.4. The van der Waals surface area contributed by atoms with Gasteiger partial charge in [-0.1, -0.05) is 70.6 Å². The first-order valence-electron chi connectivity index (χ1n) is 18.9. The number of carbonyl (C=O) groups is 3. The van der Waals surface area contributed by atoms with E-state index in [1.807, 2.05) is 31.2 Å². The summed E-state index contributed by atoms with van der Waals surface area (Å²) >= 11 is 1.09. The summed E-state index contributed by atoms with van der Waals surface area (Å²) in [4.78, 5) is 88.8. The van der Waals surface area contributed by atoms with Crippen molar-refractivity contribution in [2.75, 3.05) is 37.8 Å². The minimum absolute atomic E-state index is 0.0297. The number of phosphoric acid groups is 3. The first-order chi connectivity index (χ1) is 28.8. The monoisotopic (exact) mass is 955 g/mol. The Hall–Kier alpha value is -3.22. The van der Waals surface area contributed by atoms with E-state index in [1.54, 1.807) is 0 Å². The number of nitrogen functional groups attached to an aromatic ring is 1. The number of fused-ring (bicyclic) bond motifs is 1. The molecule has 0 radical (unpaired) electrons. The van der Waals surface area contributed by atoms with Crippen LogP contribution in [0.1, 0.15) is 64.3 Å². The number of hydrogen-bond donors (Lipinski definition) is 9. The minimum atomic E-state index is -5.58. The summed E-state index contributed by atoms with van der Waals surface area (Å²) in [6.45, 7) is 6.55. The quantitative estimate of drug-likeness (QED) is 0.0482. The second-order valence-electron chi connectivity index (χ2n) is 15.3. The van der Waals surface area contributed by atoms with E-state index >= 15 is 0 Å². The molecule has 1 aliphatic rings. The molecule has 8 atom stereocenters. The molecule has 0 spiro atoms. The Bertz CT molecular complexity index is 2180. The van der Waals surface area contributed by atoms with Crippen LogP contribution in [-0.2, 0) is 57.1 Å². The number of amides is 2. The Kier molecular flexibility index (Phi) is 17.9. The molecular weight excluding hydrogens is 903 g/mol. The number of anilines is 1. The van der Waals surface area contributed by atoms with Crippen LogP contribution in [0, 0.1) is 11.3 Å². The van der Waals surface area contributed by atoms with E-state index < -0.39 is 84.6 Å². The van der Waals surface area contributed by atoms with Gasteiger partial charge in [0.1, 0.15) is 36.3 Å². The highest BCUT2D eigenvalue weighted by Crippen LogP contribution is 2.61. The molecule has 346 valence electrons. The normalized spacial score (nSPS) is 21.3. The fourth-order valence-electron chi connectivity index (χ4n) is 5.96. The van der Waals surface area contributed by atoms with Crippen LogP contribution in [0.4, 0.5) is 5.82 Å². The zero-order valence-electron chi connectivity index (χ0n) is 34.2. The molecule has 0 saturated carbocycles. The van der Waals surface area contributed by atoms with Crippen LogP contribution < -0.4 is 16.4 Å². The van der Waals surface area contributed by atoms with E-state index in [9.17, 15) is 57.9 Å². The van der Waals surface area contributed by atoms with Gasteiger partial charge in [0.15, 0.2) is 22.8 Å². The summed E-state index contributed by atoms with van der Waals surface area (Å²) in [7, 11) is -16.4. The fraction of sp³-hybridized carbons (Fsp3) is 0.588. The zero-order valence-corrected chi connectivity index (χ0v) is 37.7. The Labute approximate surface area is 360 Å². The van der Waals surface area contributed by atoms with Crippen molar-refractivity contribution in [3.63, 3.8) is 0 Å². The highest BCUT2D eigenvalue weighted by Gasteiger charge is 2.50. The third-order valence-corrected chi connectivity index (χ3v) is 13.4. The molecule has 4 rings (SSSR count). The number of nitrogens with two attached hydrogens (primary N) is 1. The Morgan fingerprint density at radius 3 is 2.29 bits per heavy atom. The summed E-state index contributed by atoms with van der Waals surface area (Å²) in [5.41, 5.74) is 6.36. The van der Waals surface area contributed by atoms with E-state index in [0.29, 0.717) is 11.7 Å². The molecule has 0 bridgehead atoms. The number of hydrogen-bond acceptors (Lipinski definition) is 18. The average molecular weight is 956 g/mol. The number of rotatable bonds is 23. The number of imidazole rings is 1. The number of benzene rings is 1. The Morgan fingerprint density at radius 1 is 0.984 bits per heavy atom. The van der Waals surface area contributed by atoms with E-state index in [0.717, 1.165) is 41.0 Å². The van der Waals surface area contributed by atoms with Gasteiger partial charge in [-0.15, -0.1) is 0 Å². The van der Waals surface area contributed by atoms with E-state index in [4.69, 9.17) is 19.5 Å². The van der Waals surface area contributed by atoms with Crippen LogP contribution >= 0.6 is 35.2 Å². The maximum Gasteiger partial charge on any atom is 0.481 e. The maximum absolute atomic E-state index is 12.7. The van der Waals surface area contributed by atoms with Gasteiger partial charge in [0, 0.05) is 30.7 Å². The summed E-state index contributed by atoms with van der Waals surface area (Å²) in [5, 5.41) is 26.5. The highest BCUT2D eigenvalue weighted by atomic mass is 32.2. The second kappa shape index (κ2) is 21.6. The van der Waals surface area contributed by atoms with Gasteiger partial charge >= 0.3 is 23.5 Å². The SMILES string of the molecule is CC(C)Cc1ccc([C@H](C)C(=O)SCCNC(=O)CCNC(=O)[C@H](O)C(C)(C)COP(=O)(O)OP(=O)(O)OC[C@H]2O[C@@H](n3cnc4c(N)ncnc43)[C@H](O)[C@@H]2OP(=O)(O)O)cc1. The lowest BCUT2D eigenvalue weighted by Crippen LogP contribution is -2.46. The van der Waals surface area contributed by atoms with Gasteiger partial charge in [-0.25, -0.2) is 28.6 Å². The van der Waals surface area contributed by atoms with Gasteiger partial charge in [-0.2, -0.15) is 4.31 Å². The van der Waals surface area contributed by atoms with E-state index in [-0.39, 0.29) is 47.5 Å². The fourth-order valence-corrected chi connectivity index (χ4v) is 9.58. The number of phosphoric ester groups is 3. The third kappa shape index (κ3) is 14.9. The first kappa shape index (κ1) is 51.4. The molecule has 24 nitrogen and oxygen atoms in total. The maximum atomic E-state index is 12.7. The Balaban J connectivity index is 1.19. The van der Waals surface area contributed by atoms with Crippen molar-refractivity contribution >= 4 is 69.1 Å². The number of ether oxygens (including phenoxy) is 1. The summed E-state index contributed by atoms with van der Waals surface area (Å²) < 4.78 is 62.3. The topological polar surface area (TPSA) is 364 Å². The van der Waals surface area contributed by atoms with Gasteiger partial charge < -0.3 is 50.9 Å². The Morgan fingerprint density at radius 2 is 1.65 bits per heavy atom. The summed E-state index contributed by atoms with van der Waals surface area (Å²) in [6, 6.07) is 7.93. The van der Waals surface area contributed by atoms with Crippen molar-refractivity contribution in [2.45, 2.75) is 84.0 Å². The van der Waals surface area contributed by atoms with Gasteiger partial charge in [0.05, 0.1) is 25.5 Å². The van der Waals surface area contributed by atoms with Crippen LogP contribution in [0.25, 0.3) is 11.2 Å². The predicted molar refractivity (Wildman–Crippen MR) is 220 cm³/mol. The lowest BCUT2D eigenvalue weighted by atomic mass is 9.87. The van der Waals surface area contributed by atoms with Crippen LogP contribution in [0.15, 0.2) is 36.9 Å². The van der Waals surface area contributed by atoms with Crippen molar-refractivity contribution in [1.82, 2.24) is 30.2 Å². The molecule has 1 aromatic carbocycles. The smallest absolute Gasteiger partial charge is 0.386 e. The van der Waals surface area contributed by atoms with Gasteiger partial charge in [-0.05, 0) is 23.5 Å². The second-order valence-corrected chi connectivity index (χ2v) is 20.6. The van der Waals surface area contributed by atoms with E-state index in [2.05, 4.69) is 48.3 Å². The number of aromatic nitrogens is 4. The molecular formula is C34H52N7O17P3S. The van der Waals surface area contributed by atoms with Crippen LogP contribution in [0.5, 0.6) is 0 Å².